The Labute approximate surface area is 165 Å². The minimum absolute atomic E-state index is 0.0279. The van der Waals surface area contributed by atoms with Crippen molar-refractivity contribution >= 4 is 21.8 Å². The molecular formula is C17H21F3N4O2S2. The smallest absolute Gasteiger partial charge is 0.245 e. The summed E-state index contributed by atoms with van der Waals surface area (Å²) in [4.78, 5) is 2.22. The van der Waals surface area contributed by atoms with E-state index >= 15 is 0 Å². The van der Waals surface area contributed by atoms with Gasteiger partial charge in [0, 0.05) is 54.0 Å². The van der Waals surface area contributed by atoms with Crippen LogP contribution in [0.3, 0.4) is 0 Å². The number of likely N-dealkylation sites (tertiary alicyclic amines) is 1. The predicted octanol–water partition coefficient (Wildman–Crippen LogP) is 1.33. The second-order valence-electron chi connectivity index (χ2n) is 7.47. The molecule has 2 fully saturated rings. The van der Waals surface area contributed by atoms with Crippen molar-refractivity contribution in [3.8, 4) is 0 Å². The Morgan fingerprint density at radius 1 is 1.29 bits per heavy atom. The molecule has 4 unspecified atom stereocenters. The van der Waals surface area contributed by atoms with Gasteiger partial charge in [-0.1, -0.05) is 0 Å². The number of nitrogens with two attached hydrogens (primary N) is 1. The molecule has 3 heterocycles. The lowest BCUT2D eigenvalue weighted by atomic mass is 9.98. The number of hydrogen-bond acceptors (Lipinski definition) is 6. The van der Waals surface area contributed by atoms with Gasteiger partial charge in [0.05, 0.1) is 12.3 Å². The summed E-state index contributed by atoms with van der Waals surface area (Å²) < 4.78 is 65.6. The fourth-order valence-electron chi connectivity index (χ4n) is 4.03. The fraction of sp³-hybridized carbons (Fsp3) is 0.529. The Balaban J connectivity index is 1.44. The van der Waals surface area contributed by atoms with Crippen molar-refractivity contribution in [1.29, 1.82) is 0 Å². The van der Waals surface area contributed by atoms with Crippen molar-refractivity contribution in [2.24, 2.45) is 5.73 Å². The summed E-state index contributed by atoms with van der Waals surface area (Å²) in [6, 6.07) is 1.16. The summed E-state index contributed by atoms with van der Waals surface area (Å²) in [7, 11) is -3.34. The molecule has 3 N–H and O–H groups in total. The van der Waals surface area contributed by atoms with Gasteiger partial charge in [0.2, 0.25) is 10.0 Å². The molecule has 3 aliphatic heterocycles. The zero-order valence-electron chi connectivity index (χ0n) is 15.1. The highest BCUT2D eigenvalue weighted by Gasteiger charge is 2.41. The van der Waals surface area contributed by atoms with E-state index in [2.05, 4.69) is 10.3 Å². The third kappa shape index (κ3) is 3.65. The minimum atomic E-state index is -3.34. The monoisotopic (exact) mass is 434 g/mol. The number of hydrogen-bond donors (Lipinski definition) is 2. The second kappa shape index (κ2) is 7.21. The SMILES string of the molecule is CS(=O)(=O)N1C=C2CN(C3CSC(c4cc(F)cc(F)c4F)C(N)C3)CC2N1. The van der Waals surface area contributed by atoms with E-state index in [0.717, 1.165) is 22.3 Å². The van der Waals surface area contributed by atoms with Crippen LogP contribution in [-0.2, 0) is 10.0 Å². The van der Waals surface area contributed by atoms with Crippen LogP contribution in [0.5, 0.6) is 0 Å². The number of sulfonamides is 1. The van der Waals surface area contributed by atoms with Gasteiger partial charge in [0.15, 0.2) is 11.6 Å². The van der Waals surface area contributed by atoms with Crippen LogP contribution >= 0.6 is 11.8 Å². The van der Waals surface area contributed by atoms with Crippen LogP contribution in [0.2, 0.25) is 0 Å². The highest BCUT2D eigenvalue weighted by atomic mass is 32.2. The fourth-order valence-corrected chi connectivity index (χ4v) is 6.16. The maximum Gasteiger partial charge on any atom is 0.245 e. The standard InChI is InChI=1S/C17H21F3N4O2S2/c1-28(25,26)24-6-9-5-23(7-15(9)22-24)11-4-14(21)17(27-8-11)12-2-10(18)3-13(19)16(12)20/h2-3,6,11,14-15,17,22H,4-5,7-8,21H2,1H3. The largest absolute Gasteiger partial charge is 0.326 e. The lowest BCUT2D eigenvalue weighted by Crippen LogP contribution is -2.48. The highest BCUT2D eigenvalue weighted by molar-refractivity contribution is 7.99. The van der Waals surface area contributed by atoms with Gasteiger partial charge in [-0.05, 0) is 18.1 Å². The van der Waals surface area contributed by atoms with Crippen LogP contribution in [-0.4, -0.2) is 61.0 Å². The Morgan fingerprint density at radius 2 is 2.04 bits per heavy atom. The van der Waals surface area contributed by atoms with Crippen LogP contribution in [0, 0.1) is 17.5 Å². The number of nitrogens with zero attached hydrogens (tertiary/aromatic N) is 2. The van der Waals surface area contributed by atoms with Crippen LogP contribution in [0.25, 0.3) is 0 Å². The molecule has 28 heavy (non-hydrogen) atoms. The number of nitrogens with one attached hydrogen (secondary N) is 1. The third-order valence-corrected chi connectivity index (χ3v) is 7.88. The highest BCUT2D eigenvalue weighted by Crippen LogP contribution is 2.41. The first-order valence-electron chi connectivity index (χ1n) is 8.85. The molecule has 2 saturated heterocycles. The first-order valence-corrected chi connectivity index (χ1v) is 11.7. The number of thioether (sulfide) groups is 1. The third-order valence-electron chi connectivity index (χ3n) is 5.42. The molecule has 0 bridgehead atoms. The second-order valence-corrected chi connectivity index (χ2v) is 10.5. The van der Waals surface area contributed by atoms with Gasteiger partial charge in [-0.2, -0.15) is 11.8 Å². The molecule has 0 spiro atoms. The molecule has 0 aliphatic carbocycles. The van der Waals surface area contributed by atoms with Crippen molar-refractivity contribution < 1.29 is 21.6 Å². The van der Waals surface area contributed by atoms with E-state index in [-0.39, 0.29) is 17.6 Å². The summed E-state index contributed by atoms with van der Waals surface area (Å²) in [5.41, 5.74) is 10.2. The number of hydrazine groups is 1. The normalized spacial score (nSPS) is 31.2. The quantitative estimate of drug-likeness (QED) is 0.699. The maximum absolute atomic E-state index is 14.1. The summed E-state index contributed by atoms with van der Waals surface area (Å²) in [5, 5.41) is -0.512. The number of fused-ring (bicyclic) bond motifs is 1. The van der Waals surface area contributed by atoms with Gasteiger partial charge in [-0.15, -0.1) is 0 Å². The molecule has 11 heteroatoms. The molecule has 0 radical (unpaired) electrons. The zero-order chi connectivity index (χ0) is 20.2. The maximum atomic E-state index is 14.1. The zero-order valence-corrected chi connectivity index (χ0v) is 16.7. The molecule has 1 aromatic rings. The van der Waals surface area contributed by atoms with Crippen molar-refractivity contribution in [2.45, 2.75) is 29.8 Å². The molecule has 0 saturated carbocycles. The van der Waals surface area contributed by atoms with E-state index < -0.39 is 38.8 Å². The van der Waals surface area contributed by atoms with Gasteiger partial charge >= 0.3 is 0 Å². The number of halogens is 3. The van der Waals surface area contributed by atoms with E-state index in [1.54, 1.807) is 6.20 Å². The van der Waals surface area contributed by atoms with E-state index in [9.17, 15) is 21.6 Å². The first-order chi connectivity index (χ1) is 13.1. The van der Waals surface area contributed by atoms with Crippen LogP contribution in [0.4, 0.5) is 13.2 Å². The van der Waals surface area contributed by atoms with E-state index in [4.69, 9.17) is 5.73 Å². The van der Waals surface area contributed by atoms with E-state index in [0.29, 0.717) is 31.3 Å². The molecule has 0 amide bonds. The molecule has 0 aromatic heterocycles. The molecule has 154 valence electrons. The van der Waals surface area contributed by atoms with Crippen molar-refractivity contribution in [3.05, 3.63) is 46.9 Å². The van der Waals surface area contributed by atoms with E-state index in [1.165, 1.54) is 11.8 Å². The molecular weight excluding hydrogens is 413 g/mol. The van der Waals surface area contributed by atoms with Gasteiger partial charge in [-0.3, -0.25) is 4.90 Å². The average Bonchev–Trinajstić information content (AvgIpc) is 3.17. The van der Waals surface area contributed by atoms with Crippen LogP contribution < -0.4 is 11.2 Å². The number of rotatable bonds is 3. The Morgan fingerprint density at radius 3 is 2.68 bits per heavy atom. The first kappa shape index (κ1) is 20.0. The Bertz CT molecular complexity index is 927. The Kier molecular flexibility index (Phi) is 5.15. The average molecular weight is 435 g/mol. The topological polar surface area (TPSA) is 78.7 Å². The number of benzene rings is 1. The van der Waals surface area contributed by atoms with Crippen LogP contribution in [0.1, 0.15) is 17.2 Å². The molecule has 4 atom stereocenters. The molecule has 6 nitrogen and oxygen atoms in total. The predicted molar refractivity (Wildman–Crippen MR) is 101 cm³/mol. The van der Waals surface area contributed by atoms with Gasteiger partial charge in [-0.25, -0.2) is 31.4 Å². The summed E-state index contributed by atoms with van der Waals surface area (Å²) >= 11 is 1.40. The summed E-state index contributed by atoms with van der Waals surface area (Å²) in [6.45, 7) is 1.26. The Hall–Kier alpha value is -1.27. The van der Waals surface area contributed by atoms with Crippen molar-refractivity contribution in [2.75, 3.05) is 25.1 Å². The van der Waals surface area contributed by atoms with Crippen molar-refractivity contribution in [1.82, 2.24) is 14.7 Å². The molecule has 4 rings (SSSR count). The summed E-state index contributed by atoms with van der Waals surface area (Å²) in [5.74, 6) is -2.42. The molecule has 3 aliphatic rings. The summed E-state index contributed by atoms with van der Waals surface area (Å²) in [6.07, 6.45) is 3.32. The van der Waals surface area contributed by atoms with E-state index in [1.807, 2.05) is 0 Å². The minimum Gasteiger partial charge on any atom is -0.326 e. The molecule has 1 aromatic carbocycles. The lowest BCUT2D eigenvalue weighted by Gasteiger charge is -2.38. The van der Waals surface area contributed by atoms with Gasteiger partial charge in [0.1, 0.15) is 5.82 Å². The lowest BCUT2D eigenvalue weighted by molar-refractivity contribution is 0.220. The van der Waals surface area contributed by atoms with Crippen LogP contribution in [0.15, 0.2) is 23.9 Å². The van der Waals surface area contributed by atoms with Crippen molar-refractivity contribution in [3.63, 3.8) is 0 Å². The van der Waals surface area contributed by atoms with Gasteiger partial charge < -0.3 is 5.73 Å². The van der Waals surface area contributed by atoms with Gasteiger partial charge in [0.25, 0.3) is 0 Å².